The van der Waals surface area contributed by atoms with Crippen LogP contribution < -0.4 is 20.1 Å². The topological polar surface area (TPSA) is 103 Å². The summed E-state index contributed by atoms with van der Waals surface area (Å²) < 4.78 is 15.7. The average Bonchev–Trinajstić information content (AvgIpc) is 2.68. The first-order valence-electron chi connectivity index (χ1n) is 8.98. The molecule has 0 saturated carbocycles. The van der Waals surface area contributed by atoms with Crippen molar-refractivity contribution in [2.45, 2.75) is 20.3 Å². The average molecular weight is 400 g/mol. The number of hydrogen-bond donors (Lipinski definition) is 2. The fourth-order valence-corrected chi connectivity index (χ4v) is 2.45. The van der Waals surface area contributed by atoms with Crippen LogP contribution >= 0.6 is 0 Å². The van der Waals surface area contributed by atoms with Gasteiger partial charge in [-0.1, -0.05) is 18.2 Å². The minimum atomic E-state index is -0.548. The summed E-state index contributed by atoms with van der Waals surface area (Å²) in [4.78, 5) is 35.1. The second kappa shape index (κ2) is 10.7. The monoisotopic (exact) mass is 400 g/mol. The van der Waals surface area contributed by atoms with E-state index in [0.29, 0.717) is 22.9 Å². The smallest absolute Gasteiger partial charge is 0.309 e. The lowest BCUT2D eigenvalue weighted by Crippen LogP contribution is -2.22. The molecule has 2 rings (SSSR count). The van der Waals surface area contributed by atoms with Crippen molar-refractivity contribution in [2.24, 2.45) is 0 Å². The van der Waals surface area contributed by atoms with Gasteiger partial charge in [0.1, 0.15) is 11.5 Å². The van der Waals surface area contributed by atoms with Crippen LogP contribution in [0.1, 0.15) is 18.9 Å². The summed E-state index contributed by atoms with van der Waals surface area (Å²) >= 11 is 0. The number of ether oxygens (including phenoxy) is 3. The van der Waals surface area contributed by atoms with Crippen LogP contribution in [0.15, 0.2) is 42.5 Å². The van der Waals surface area contributed by atoms with Gasteiger partial charge in [0.2, 0.25) is 5.91 Å². The van der Waals surface area contributed by atoms with Crippen LogP contribution in [-0.2, 0) is 19.1 Å². The number of aryl methyl sites for hydroxylation is 1. The van der Waals surface area contributed by atoms with Crippen LogP contribution in [0.3, 0.4) is 0 Å². The number of rotatable bonds is 9. The predicted octanol–water partition coefficient (Wildman–Crippen LogP) is 2.91. The fraction of sp³-hybridized carbons (Fsp3) is 0.286. The molecule has 8 heteroatoms. The van der Waals surface area contributed by atoms with Crippen LogP contribution in [0.2, 0.25) is 0 Å². The van der Waals surface area contributed by atoms with Crippen molar-refractivity contribution in [1.29, 1.82) is 0 Å². The van der Waals surface area contributed by atoms with E-state index in [2.05, 4.69) is 10.6 Å². The Labute approximate surface area is 169 Å². The Morgan fingerprint density at radius 1 is 1.00 bits per heavy atom. The Kier molecular flexibility index (Phi) is 8.02. The molecule has 0 spiro atoms. The summed E-state index contributed by atoms with van der Waals surface area (Å²) in [5.74, 6) is -0.215. The number of amides is 2. The molecule has 2 amide bonds. The van der Waals surface area contributed by atoms with E-state index in [-0.39, 0.29) is 18.9 Å². The molecular formula is C21H24N2O6. The SMILES string of the molecule is COc1ccc(NC(C)=O)cc1NC(=O)COC(=O)CCOc1ccccc1C. The van der Waals surface area contributed by atoms with E-state index in [1.54, 1.807) is 18.2 Å². The summed E-state index contributed by atoms with van der Waals surface area (Å²) in [6.45, 7) is 2.99. The summed E-state index contributed by atoms with van der Waals surface area (Å²) in [6.07, 6.45) is 0.0168. The van der Waals surface area contributed by atoms with E-state index in [1.807, 2.05) is 31.2 Å². The number of anilines is 2. The molecule has 2 aromatic carbocycles. The van der Waals surface area contributed by atoms with Crippen molar-refractivity contribution in [1.82, 2.24) is 0 Å². The van der Waals surface area contributed by atoms with Gasteiger partial charge in [-0.2, -0.15) is 0 Å². The third kappa shape index (κ3) is 7.17. The molecule has 2 N–H and O–H groups in total. The van der Waals surface area contributed by atoms with Crippen LogP contribution in [-0.4, -0.2) is 38.1 Å². The van der Waals surface area contributed by atoms with Gasteiger partial charge in [-0.25, -0.2) is 0 Å². The molecule has 0 heterocycles. The van der Waals surface area contributed by atoms with Crippen molar-refractivity contribution >= 4 is 29.2 Å². The molecule has 0 fully saturated rings. The molecule has 0 radical (unpaired) electrons. The fourth-order valence-electron chi connectivity index (χ4n) is 2.45. The lowest BCUT2D eigenvalue weighted by molar-refractivity contribution is -0.147. The molecule has 2 aromatic rings. The number of methoxy groups -OCH3 is 1. The Morgan fingerprint density at radius 2 is 1.76 bits per heavy atom. The van der Waals surface area contributed by atoms with E-state index in [9.17, 15) is 14.4 Å². The number of nitrogens with one attached hydrogen (secondary N) is 2. The summed E-state index contributed by atoms with van der Waals surface area (Å²) in [6, 6.07) is 12.3. The molecule has 0 atom stereocenters. The van der Waals surface area contributed by atoms with Crippen molar-refractivity contribution in [3.8, 4) is 11.5 Å². The lowest BCUT2D eigenvalue weighted by atomic mass is 10.2. The van der Waals surface area contributed by atoms with Crippen LogP contribution in [0.4, 0.5) is 11.4 Å². The van der Waals surface area contributed by atoms with E-state index >= 15 is 0 Å². The summed E-state index contributed by atoms with van der Waals surface area (Å²) in [5.41, 5.74) is 1.82. The summed E-state index contributed by atoms with van der Waals surface area (Å²) in [7, 11) is 1.46. The van der Waals surface area contributed by atoms with E-state index < -0.39 is 18.5 Å². The molecule has 0 aliphatic heterocycles. The second-order valence-corrected chi connectivity index (χ2v) is 6.17. The first-order valence-corrected chi connectivity index (χ1v) is 8.98. The van der Waals surface area contributed by atoms with Gasteiger partial charge in [0.15, 0.2) is 6.61 Å². The van der Waals surface area contributed by atoms with Gasteiger partial charge in [0.05, 0.1) is 25.8 Å². The summed E-state index contributed by atoms with van der Waals surface area (Å²) in [5, 5.41) is 5.21. The molecule has 0 unspecified atom stereocenters. The molecule has 0 aliphatic rings. The van der Waals surface area contributed by atoms with Gasteiger partial charge in [-0.15, -0.1) is 0 Å². The molecule has 0 saturated heterocycles. The van der Waals surface area contributed by atoms with Crippen LogP contribution in [0.5, 0.6) is 11.5 Å². The Bertz CT molecular complexity index is 881. The highest BCUT2D eigenvalue weighted by Gasteiger charge is 2.12. The maximum atomic E-state index is 12.1. The highest BCUT2D eigenvalue weighted by molar-refractivity contribution is 5.96. The third-order valence-electron chi connectivity index (χ3n) is 3.82. The molecule has 154 valence electrons. The Balaban J connectivity index is 1.80. The zero-order valence-electron chi connectivity index (χ0n) is 16.6. The maximum Gasteiger partial charge on any atom is 0.309 e. The molecule has 0 aromatic heterocycles. The standard InChI is InChI=1S/C21H24N2O6/c1-14-6-4-5-7-18(14)28-11-10-21(26)29-13-20(25)23-17-12-16(22-15(2)24)8-9-19(17)27-3/h4-9,12H,10-11,13H2,1-3H3,(H,22,24)(H,23,25). The first kappa shape index (κ1) is 21.7. The third-order valence-corrected chi connectivity index (χ3v) is 3.82. The maximum absolute atomic E-state index is 12.1. The predicted molar refractivity (Wildman–Crippen MR) is 108 cm³/mol. The van der Waals surface area contributed by atoms with Gasteiger partial charge >= 0.3 is 5.97 Å². The number of carbonyl (C=O) groups is 3. The van der Waals surface area contributed by atoms with Gasteiger partial charge in [-0.3, -0.25) is 14.4 Å². The van der Waals surface area contributed by atoms with E-state index in [0.717, 1.165) is 5.56 Å². The second-order valence-electron chi connectivity index (χ2n) is 6.17. The zero-order chi connectivity index (χ0) is 21.2. The number of carbonyl (C=O) groups excluding carboxylic acids is 3. The number of benzene rings is 2. The van der Waals surface area contributed by atoms with Crippen molar-refractivity contribution < 1.29 is 28.6 Å². The van der Waals surface area contributed by atoms with Gasteiger partial charge in [-0.05, 0) is 36.8 Å². The van der Waals surface area contributed by atoms with Crippen LogP contribution in [0.25, 0.3) is 0 Å². The number of para-hydroxylation sites is 1. The first-order chi connectivity index (χ1) is 13.9. The normalized spacial score (nSPS) is 10.0. The molecule has 8 nitrogen and oxygen atoms in total. The van der Waals surface area contributed by atoms with Gasteiger partial charge < -0.3 is 24.8 Å². The molecule has 29 heavy (non-hydrogen) atoms. The van der Waals surface area contributed by atoms with Crippen molar-refractivity contribution in [3.63, 3.8) is 0 Å². The molecule has 0 bridgehead atoms. The van der Waals surface area contributed by atoms with E-state index in [1.165, 1.54) is 14.0 Å². The van der Waals surface area contributed by atoms with Gasteiger partial charge in [0, 0.05) is 12.6 Å². The van der Waals surface area contributed by atoms with Gasteiger partial charge in [0.25, 0.3) is 5.91 Å². The van der Waals surface area contributed by atoms with Crippen molar-refractivity contribution in [2.75, 3.05) is 31.0 Å². The van der Waals surface area contributed by atoms with Crippen molar-refractivity contribution in [3.05, 3.63) is 48.0 Å². The Morgan fingerprint density at radius 3 is 2.45 bits per heavy atom. The minimum Gasteiger partial charge on any atom is -0.495 e. The Hall–Kier alpha value is -3.55. The largest absolute Gasteiger partial charge is 0.495 e. The van der Waals surface area contributed by atoms with E-state index in [4.69, 9.17) is 14.2 Å². The highest BCUT2D eigenvalue weighted by Crippen LogP contribution is 2.27. The number of esters is 1. The minimum absolute atomic E-state index is 0.0168. The zero-order valence-corrected chi connectivity index (χ0v) is 16.6. The number of hydrogen-bond acceptors (Lipinski definition) is 6. The lowest BCUT2D eigenvalue weighted by Gasteiger charge is -2.13. The highest BCUT2D eigenvalue weighted by atomic mass is 16.5. The quantitative estimate of drug-likeness (QED) is 0.628. The molecule has 0 aliphatic carbocycles. The van der Waals surface area contributed by atoms with Crippen LogP contribution in [0, 0.1) is 6.92 Å². The molecular weight excluding hydrogens is 376 g/mol.